The lowest BCUT2D eigenvalue weighted by Gasteiger charge is -2.28. The van der Waals surface area contributed by atoms with Gasteiger partial charge in [0, 0.05) is 35.7 Å². The summed E-state index contributed by atoms with van der Waals surface area (Å²) in [6.45, 7) is 10.2. The first kappa shape index (κ1) is 18.0. The van der Waals surface area contributed by atoms with E-state index in [1.807, 2.05) is 0 Å². The Kier molecular flexibility index (Phi) is 5.50. The molecule has 25 heavy (non-hydrogen) atoms. The molecule has 1 fully saturated rings. The van der Waals surface area contributed by atoms with Gasteiger partial charge in [-0.1, -0.05) is 23.2 Å². The first-order chi connectivity index (χ1) is 12.1. The average Bonchev–Trinajstić information content (AvgIpc) is 3.03. The third-order valence-electron chi connectivity index (χ3n) is 3.91. The van der Waals surface area contributed by atoms with Gasteiger partial charge in [-0.15, -0.1) is 11.3 Å². The van der Waals surface area contributed by atoms with Gasteiger partial charge in [-0.3, -0.25) is 4.79 Å². The van der Waals surface area contributed by atoms with Crippen molar-refractivity contribution < 1.29 is 9.53 Å². The van der Waals surface area contributed by atoms with Crippen molar-refractivity contribution in [2.75, 3.05) is 38.3 Å². The van der Waals surface area contributed by atoms with Gasteiger partial charge in [0.25, 0.3) is 5.91 Å². The number of nitrogens with one attached hydrogen (secondary N) is 1. The lowest BCUT2D eigenvalue weighted by molar-refractivity contribution is 0.0967. The summed E-state index contributed by atoms with van der Waals surface area (Å²) in [5, 5.41) is 4.36. The molecule has 0 unspecified atom stereocenters. The summed E-state index contributed by atoms with van der Waals surface area (Å²) in [5.74, 6) is -0.250. The minimum Gasteiger partial charge on any atom is -0.378 e. The number of nitrogens with zero attached hydrogens (tertiary/aromatic N) is 2. The number of morpholine rings is 1. The standard InChI is InChI=1S/C17H15Cl2N3O2S/c1-20-14-13(11-9-10(18)3-4-12(11)19)15(16(23)21-2)25-17(14)22-5-7-24-8-6-22/h3-4,9H,5-8H2,2H3,(H,21,23). The van der Waals surface area contributed by atoms with E-state index >= 15 is 0 Å². The van der Waals surface area contributed by atoms with Gasteiger partial charge in [0.2, 0.25) is 5.69 Å². The number of amides is 1. The van der Waals surface area contributed by atoms with Crippen LogP contribution in [0, 0.1) is 6.57 Å². The largest absolute Gasteiger partial charge is 0.378 e. The number of rotatable bonds is 3. The van der Waals surface area contributed by atoms with Gasteiger partial charge in [-0.25, -0.2) is 4.85 Å². The number of halogens is 2. The van der Waals surface area contributed by atoms with E-state index in [1.54, 1.807) is 25.2 Å². The minimum absolute atomic E-state index is 0.250. The van der Waals surface area contributed by atoms with Crippen LogP contribution in [0.3, 0.4) is 0 Å². The van der Waals surface area contributed by atoms with E-state index in [4.69, 9.17) is 34.5 Å². The van der Waals surface area contributed by atoms with Gasteiger partial charge in [-0.05, 0) is 23.8 Å². The van der Waals surface area contributed by atoms with Crippen LogP contribution in [0.1, 0.15) is 9.67 Å². The highest BCUT2D eigenvalue weighted by Crippen LogP contribution is 2.50. The predicted octanol–water partition coefficient (Wildman–Crippen LogP) is 4.47. The van der Waals surface area contributed by atoms with E-state index in [-0.39, 0.29) is 5.91 Å². The smallest absolute Gasteiger partial charge is 0.260 e. The molecule has 130 valence electrons. The third kappa shape index (κ3) is 3.46. The molecule has 1 aliphatic heterocycles. The SMILES string of the molecule is [C-]#[N+]c1c(N2CCOCC2)sc(C(=O)NC)c1-c1cc(Cl)ccc1Cl. The van der Waals surface area contributed by atoms with Crippen molar-refractivity contribution in [2.24, 2.45) is 0 Å². The molecule has 0 saturated carbocycles. The molecule has 1 aliphatic rings. The summed E-state index contributed by atoms with van der Waals surface area (Å²) in [7, 11) is 1.57. The lowest BCUT2D eigenvalue weighted by atomic mass is 10.0. The molecule has 0 spiro atoms. The van der Waals surface area contributed by atoms with Gasteiger partial charge in [0.05, 0.1) is 29.7 Å². The topological polar surface area (TPSA) is 45.9 Å². The summed E-state index contributed by atoms with van der Waals surface area (Å²) in [6.07, 6.45) is 0. The van der Waals surface area contributed by atoms with Gasteiger partial charge in [0.15, 0.2) is 0 Å². The highest BCUT2D eigenvalue weighted by molar-refractivity contribution is 7.19. The predicted molar refractivity (Wildman–Crippen MR) is 102 cm³/mol. The number of benzene rings is 1. The van der Waals surface area contributed by atoms with E-state index in [2.05, 4.69) is 15.1 Å². The maximum Gasteiger partial charge on any atom is 0.260 e. The molecule has 0 bridgehead atoms. The molecule has 8 heteroatoms. The van der Waals surface area contributed by atoms with Crippen molar-refractivity contribution in [3.05, 3.63) is 44.5 Å². The number of carbonyl (C=O) groups is 1. The Morgan fingerprint density at radius 2 is 2.08 bits per heavy atom. The van der Waals surface area contributed by atoms with Crippen molar-refractivity contribution in [2.45, 2.75) is 0 Å². The summed E-state index contributed by atoms with van der Waals surface area (Å²) >= 11 is 13.8. The second kappa shape index (κ2) is 7.63. The van der Waals surface area contributed by atoms with E-state index in [0.29, 0.717) is 58.0 Å². The first-order valence-electron chi connectivity index (χ1n) is 7.61. The van der Waals surface area contributed by atoms with Crippen molar-refractivity contribution in [3.63, 3.8) is 0 Å². The van der Waals surface area contributed by atoms with Crippen LogP contribution in [0.25, 0.3) is 16.0 Å². The van der Waals surface area contributed by atoms with Crippen LogP contribution in [0.15, 0.2) is 18.2 Å². The van der Waals surface area contributed by atoms with Crippen LogP contribution in [-0.4, -0.2) is 39.3 Å². The zero-order valence-electron chi connectivity index (χ0n) is 13.4. The fourth-order valence-electron chi connectivity index (χ4n) is 2.71. The summed E-state index contributed by atoms with van der Waals surface area (Å²) in [5.41, 5.74) is 1.55. The third-order valence-corrected chi connectivity index (χ3v) is 5.71. The minimum atomic E-state index is -0.250. The molecule has 0 atom stereocenters. The highest BCUT2D eigenvalue weighted by atomic mass is 35.5. The van der Waals surface area contributed by atoms with Crippen molar-refractivity contribution in [1.82, 2.24) is 5.32 Å². The molecular formula is C17H15Cl2N3O2S. The maximum atomic E-state index is 12.4. The number of hydrogen-bond acceptors (Lipinski definition) is 4. The quantitative estimate of drug-likeness (QED) is 0.779. The van der Waals surface area contributed by atoms with Crippen LogP contribution < -0.4 is 10.2 Å². The summed E-state index contributed by atoms with van der Waals surface area (Å²) < 4.78 is 5.39. The number of ether oxygens (including phenoxy) is 1. The van der Waals surface area contributed by atoms with E-state index < -0.39 is 0 Å². The molecular weight excluding hydrogens is 381 g/mol. The lowest BCUT2D eigenvalue weighted by Crippen LogP contribution is -2.35. The fraction of sp³-hybridized carbons (Fsp3) is 0.294. The highest BCUT2D eigenvalue weighted by Gasteiger charge is 2.28. The molecule has 1 aromatic heterocycles. The summed E-state index contributed by atoms with van der Waals surface area (Å²) in [4.78, 5) is 18.7. The van der Waals surface area contributed by atoms with Gasteiger partial charge >= 0.3 is 0 Å². The van der Waals surface area contributed by atoms with Crippen molar-refractivity contribution in [3.8, 4) is 11.1 Å². The Balaban J connectivity index is 2.24. The van der Waals surface area contributed by atoms with E-state index in [0.717, 1.165) is 5.00 Å². The average molecular weight is 396 g/mol. The molecule has 5 nitrogen and oxygen atoms in total. The van der Waals surface area contributed by atoms with Crippen LogP contribution in [0.4, 0.5) is 10.7 Å². The number of thiophene rings is 1. The molecule has 1 N–H and O–H groups in total. The maximum absolute atomic E-state index is 12.4. The van der Waals surface area contributed by atoms with Crippen LogP contribution in [0.2, 0.25) is 10.0 Å². The molecule has 0 radical (unpaired) electrons. The molecule has 2 heterocycles. The first-order valence-corrected chi connectivity index (χ1v) is 9.18. The van der Waals surface area contributed by atoms with E-state index in [9.17, 15) is 4.79 Å². The summed E-state index contributed by atoms with van der Waals surface area (Å²) in [6, 6.07) is 5.04. The second-order valence-corrected chi connectivity index (χ2v) is 7.22. The normalized spacial score (nSPS) is 14.2. The molecule has 1 amide bonds. The Morgan fingerprint density at radius 1 is 1.36 bits per heavy atom. The van der Waals surface area contributed by atoms with Gasteiger partial charge in [-0.2, -0.15) is 0 Å². The Labute approximate surface area is 159 Å². The van der Waals surface area contributed by atoms with Crippen molar-refractivity contribution >= 4 is 51.1 Å². The van der Waals surface area contributed by atoms with Gasteiger partial charge < -0.3 is 15.0 Å². The monoisotopic (exact) mass is 395 g/mol. The number of anilines is 1. The van der Waals surface area contributed by atoms with E-state index in [1.165, 1.54) is 11.3 Å². The second-order valence-electron chi connectivity index (χ2n) is 5.37. The molecule has 0 aliphatic carbocycles. The molecule has 1 aromatic carbocycles. The van der Waals surface area contributed by atoms with Crippen LogP contribution in [0.5, 0.6) is 0 Å². The van der Waals surface area contributed by atoms with Crippen LogP contribution >= 0.6 is 34.5 Å². The number of hydrogen-bond donors (Lipinski definition) is 1. The molecule has 3 rings (SSSR count). The molecule has 1 saturated heterocycles. The molecule has 2 aromatic rings. The Morgan fingerprint density at radius 3 is 2.72 bits per heavy atom. The van der Waals surface area contributed by atoms with Crippen LogP contribution in [-0.2, 0) is 4.74 Å². The Hall–Kier alpha value is -1.78. The zero-order chi connectivity index (χ0) is 18.0. The number of carbonyl (C=O) groups excluding carboxylic acids is 1. The van der Waals surface area contributed by atoms with Gasteiger partial charge in [0.1, 0.15) is 0 Å². The zero-order valence-corrected chi connectivity index (χ0v) is 15.8. The van der Waals surface area contributed by atoms with Crippen molar-refractivity contribution in [1.29, 1.82) is 0 Å². The fourth-order valence-corrected chi connectivity index (χ4v) is 4.34. The Bertz CT molecular complexity index is 854.